The number of halogens is 1. The Balaban J connectivity index is 1.49. The molecule has 1 saturated heterocycles. The number of sulfone groups is 1. The van der Waals surface area contributed by atoms with Gasteiger partial charge in [0.05, 0.1) is 4.90 Å². The first-order valence-corrected chi connectivity index (χ1v) is 10.6. The Morgan fingerprint density at radius 3 is 2.15 bits per heavy atom. The molecule has 1 aliphatic heterocycles. The van der Waals surface area contributed by atoms with Crippen molar-refractivity contribution in [2.24, 2.45) is 0 Å². The van der Waals surface area contributed by atoms with E-state index >= 15 is 0 Å². The highest BCUT2D eigenvalue weighted by Gasteiger charge is 2.62. The van der Waals surface area contributed by atoms with E-state index in [0.29, 0.717) is 50.0 Å². The van der Waals surface area contributed by atoms with Crippen molar-refractivity contribution in [2.75, 3.05) is 31.1 Å². The quantitative estimate of drug-likeness (QED) is 0.769. The molecule has 1 aromatic heterocycles. The summed E-state index contributed by atoms with van der Waals surface area (Å²) >= 11 is 5.86. The van der Waals surface area contributed by atoms with Crippen LogP contribution in [0, 0.1) is 0 Å². The minimum Gasteiger partial charge on any atom is -0.338 e. The Bertz CT molecular complexity index is 938. The molecule has 7 nitrogen and oxygen atoms in total. The second kappa shape index (κ2) is 6.76. The standard InChI is InChI=1S/C18H19ClN4O3S/c19-14-2-4-15(5-3-14)27(25,26)18(6-7-18)16(24)22-10-12-23(13-11-22)17-20-8-1-9-21-17/h1-5,8-9H,6-7,10-13H2. The maximum Gasteiger partial charge on any atom is 0.244 e. The number of rotatable bonds is 4. The summed E-state index contributed by atoms with van der Waals surface area (Å²) in [7, 11) is -3.75. The van der Waals surface area contributed by atoms with E-state index in [1.165, 1.54) is 24.3 Å². The van der Waals surface area contributed by atoms with Gasteiger partial charge in [-0.25, -0.2) is 18.4 Å². The van der Waals surface area contributed by atoms with Crippen LogP contribution >= 0.6 is 11.6 Å². The van der Waals surface area contributed by atoms with Gasteiger partial charge in [-0.2, -0.15) is 0 Å². The lowest BCUT2D eigenvalue weighted by Crippen LogP contribution is -2.54. The van der Waals surface area contributed by atoms with Crippen LogP contribution in [-0.2, 0) is 14.6 Å². The molecule has 2 aromatic rings. The average Bonchev–Trinajstić information content (AvgIpc) is 3.51. The predicted molar refractivity (Wildman–Crippen MR) is 101 cm³/mol. The van der Waals surface area contributed by atoms with Gasteiger partial charge in [-0.1, -0.05) is 11.6 Å². The molecule has 0 unspecified atom stereocenters. The molecule has 1 saturated carbocycles. The van der Waals surface area contributed by atoms with Crippen molar-refractivity contribution in [3.8, 4) is 0 Å². The maximum atomic E-state index is 13.1. The molecule has 2 heterocycles. The van der Waals surface area contributed by atoms with Gasteiger partial charge in [0.2, 0.25) is 11.9 Å². The van der Waals surface area contributed by atoms with Gasteiger partial charge in [-0.05, 0) is 43.2 Å². The Morgan fingerprint density at radius 2 is 1.59 bits per heavy atom. The summed E-state index contributed by atoms with van der Waals surface area (Å²) in [4.78, 5) is 25.3. The lowest BCUT2D eigenvalue weighted by Gasteiger charge is -2.36. The van der Waals surface area contributed by atoms with Crippen LogP contribution in [0.1, 0.15) is 12.8 Å². The number of nitrogens with zero attached hydrogens (tertiary/aromatic N) is 4. The fourth-order valence-electron chi connectivity index (χ4n) is 3.40. The Labute approximate surface area is 162 Å². The minimum atomic E-state index is -3.75. The number of hydrogen-bond donors (Lipinski definition) is 0. The van der Waals surface area contributed by atoms with Crippen LogP contribution in [0.3, 0.4) is 0 Å². The second-order valence-corrected chi connectivity index (χ2v) is 9.48. The largest absolute Gasteiger partial charge is 0.338 e. The molecule has 9 heteroatoms. The summed E-state index contributed by atoms with van der Waals surface area (Å²) in [6, 6.07) is 7.76. The molecule has 0 N–H and O–H groups in total. The van der Waals surface area contributed by atoms with E-state index in [0.717, 1.165) is 0 Å². The molecule has 2 fully saturated rings. The first-order valence-electron chi connectivity index (χ1n) is 8.76. The molecule has 0 spiro atoms. The SMILES string of the molecule is O=C(N1CCN(c2ncccn2)CC1)C1(S(=O)(=O)c2ccc(Cl)cc2)CC1. The van der Waals surface area contributed by atoms with Gasteiger partial charge in [0.25, 0.3) is 0 Å². The lowest BCUT2D eigenvalue weighted by molar-refractivity contribution is -0.131. The van der Waals surface area contributed by atoms with E-state index in [9.17, 15) is 13.2 Å². The number of benzene rings is 1. The normalized spacial score (nSPS) is 19.0. The van der Waals surface area contributed by atoms with Gasteiger partial charge < -0.3 is 9.80 Å². The summed E-state index contributed by atoms with van der Waals surface area (Å²) in [6.07, 6.45) is 4.08. The third kappa shape index (κ3) is 3.17. The first kappa shape index (κ1) is 18.2. The van der Waals surface area contributed by atoms with E-state index in [1.807, 2.05) is 4.90 Å². The fourth-order valence-corrected chi connectivity index (χ4v) is 5.47. The van der Waals surface area contributed by atoms with Gasteiger partial charge in [0, 0.05) is 43.6 Å². The summed E-state index contributed by atoms with van der Waals surface area (Å²) < 4.78 is 24.8. The zero-order valence-corrected chi connectivity index (χ0v) is 16.2. The number of carbonyl (C=O) groups excluding carboxylic acids is 1. The van der Waals surface area contributed by atoms with Crippen LogP contribution in [0.5, 0.6) is 0 Å². The number of amides is 1. The highest BCUT2D eigenvalue weighted by molar-refractivity contribution is 7.94. The summed E-state index contributed by atoms with van der Waals surface area (Å²) in [6.45, 7) is 2.06. The van der Waals surface area contributed by atoms with Gasteiger partial charge in [0.1, 0.15) is 0 Å². The average molecular weight is 407 g/mol. The molecule has 2 aliphatic rings. The summed E-state index contributed by atoms with van der Waals surface area (Å²) in [5.41, 5.74) is 0. The molecule has 1 aromatic carbocycles. The molecule has 1 aliphatic carbocycles. The van der Waals surface area contributed by atoms with E-state index < -0.39 is 14.6 Å². The zero-order valence-electron chi connectivity index (χ0n) is 14.6. The molecule has 1 amide bonds. The smallest absolute Gasteiger partial charge is 0.244 e. The minimum absolute atomic E-state index is 0.147. The third-order valence-corrected chi connectivity index (χ3v) is 7.89. The van der Waals surface area contributed by atoms with Gasteiger partial charge in [-0.3, -0.25) is 4.79 Å². The fraction of sp³-hybridized carbons (Fsp3) is 0.389. The molecule has 142 valence electrons. The van der Waals surface area contributed by atoms with Gasteiger partial charge in [0.15, 0.2) is 14.6 Å². The van der Waals surface area contributed by atoms with Gasteiger partial charge >= 0.3 is 0 Å². The number of aromatic nitrogens is 2. The van der Waals surface area contributed by atoms with Crippen LogP contribution < -0.4 is 4.90 Å². The number of hydrogen-bond acceptors (Lipinski definition) is 6. The Kier molecular flexibility index (Phi) is 4.55. The van der Waals surface area contributed by atoms with Crippen molar-refractivity contribution < 1.29 is 13.2 Å². The van der Waals surface area contributed by atoms with Crippen LogP contribution in [0.4, 0.5) is 5.95 Å². The summed E-state index contributed by atoms with van der Waals surface area (Å²) in [5, 5.41) is 0.462. The molecular formula is C18H19ClN4O3S. The predicted octanol–water partition coefficient (Wildman–Crippen LogP) is 1.79. The van der Waals surface area contributed by atoms with Crippen LogP contribution in [0.25, 0.3) is 0 Å². The molecule has 0 radical (unpaired) electrons. The maximum absolute atomic E-state index is 13.1. The van der Waals surface area contributed by atoms with Gasteiger partial charge in [-0.15, -0.1) is 0 Å². The van der Waals surface area contributed by atoms with Crippen LogP contribution in [0.15, 0.2) is 47.6 Å². The van der Waals surface area contributed by atoms with E-state index in [2.05, 4.69) is 9.97 Å². The second-order valence-electron chi connectivity index (χ2n) is 6.78. The van der Waals surface area contributed by atoms with E-state index in [-0.39, 0.29) is 10.8 Å². The highest BCUT2D eigenvalue weighted by Crippen LogP contribution is 2.48. The van der Waals surface area contributed by atoms with Crippen LogP contribution in [-0.4, -0.2) is 60.1 Å². The monoisotopic (exact) mass is 406 g/mol. The molecule has 4 rings (SSSR count). The molecule has 0 bridgehead atoms. The van der Waals surface area contributed by atoms with Crippen molar-refractivity contribution in [1.82, 2.24) is 14.9 Å². The van der Waals surface area contributed by atoms with Crippen molar-refractivity contribution in [2.45, 2.75) is 22.5 Å². The van der Waals surface area contributed by atoms with E-state index in [4.69, 9.17) is 11.6 Å². The number of piperazine rings is 1. The van der Waals surface area contributed by atoms with E-state index in [1.54, 1.807) is 23.4 Å². The molecule has 27 heavy (non-hydrogen) atoms. The Morgan fingerprint density at radius 1 is 1.00 bits per heavy atom. The summed E-state index contributed by atoms with van der Waals surface area (Å²) in [5.74, 6) is 0.325. The Hall–Kier alpha value is -2.19. The lowest BCUT2D eigenvalue weighted by atomic mass is 10.2. The molecule has 0 atom stereocenters. The number of carbonyl (C=O) groups is 1. The topological polar surface area (TPSA) is 83.5 Å². The van der Waals surface area contributed by atoms with Crippen molar-refractivity contribution in [3.63, 3.8) is 0 Å². The van der Waals surface area contributed by atoms with Crippen LogP contribution in [0.2, 0.25) is 5.02 Å². The molecular weight excluding hydrogens is 388 g/mol. The highest BCUT2D eigenvalue weighted by atomic mass is 35.5. The first-order chi connectivity index (χ1) is 12.9. The third-order valence-electron chi connectivity index (χ3n) is 5.13. The zero-order chi connectivity index (χ0) is 19.1. The number of anilines is 1. The van der Waals surface area contributed by atoms with Crippen molar-refractivity contribution >= 4 is 33.3 Å². The van der Waals surface area contributed by atoms with Crippen molar-refractivity contribution in [3.05, 3.63) is 47.7 Å². The van der Waals surface area contributed by atoms with Crippen molar-refractivity contribution in [1.29, 1.82) is 0 Å².